The van der Waals surface area contributed by atoms with E-state index in [1.807, 2.05) is 60.7 Å². The lowest BCUT2D eigenvalue weighted by Crippen LogP contribution is -2.01. The van der Waals surface area contributed by atoms with Crippen molar-refractivity contribution >= 4 is 22.4 Å². The molecular weight excluding hydrogens is 450 g/mol. The summed E-state index contributed by atoms with van der Waals surface area (Å²) in [5, 5.41) is 12.3. The number of aromatic nitrogens is 3. The Kier molecular flexibility index (Phi) is 5.61. The lowest BCUT2D eigenvalue weighted by Gasteiger charge is -2.13. The summed E-state index contributed by atoms with van der Waals surface area (Å²) in [6, 6.07) is 39.0. The van der Waals surface area contributed by atoms with Crippen molar-refractivity contribution in [3.8, 4) is 33.8 Å². The molecule has 0 fully saturated rings. The predicted molar refractivity (Wildman–Crippen MR) is 144 cm³/mol. The van der Waals surface area contributed by atoms with Gasteiger partial charge in [-0.1, -0.05) is 121 Å². The molecule has 2 aromatic heterocycles. The van der Waals surface area contributed by atoms with Gasteiger partial charge >= 0.3 is 0 Å². The van der Waals surface area contributed by atoms with Crippen LogP contribution in [0.2, 0.25) is 5.02 Å². The van der Waals surface area contributed by atoms with Crippen LogP contribution in [0.1, 0.15) is 5.56 Å². The molecular formula is C31H22ClN3. The van der Waals surface area contributed by atoms with Crippen molar-refractivity contribution in [1.82, 2.24) is 14.8 Å². The van der Waals surface area contributed by atoms with E-state index in [1.54, 1.807) is 0 Å². The SMILES string of the molecule is Clc1ccccc1-c1c2c(-c3ccccc3)nnc(-c3ccccc3)c2cn1Cc1ccccc1. The normalized spacial score (nSPS) is 11.1. The summed E-state index contributed by atoms with van der Waals surface area (Å²) in [5.74, 6) is 0. The zero-order valence-corrected chi connectivity index (χ0v) is 19.7. The van der Waals surface area contributed by atoms with Crippen molar-refractivity contribution in [2.75, 3.05) is 0 Å². The zero-order valence-electron chi connectivity index (χ0n) is 19.0. The smallest absolute Gasteiger partial charge is 0.103 e. The van der Waals surface area contributed by atoms with Crippen LogP contribution in [-0.2, 0) is 6.54 Å². The molecule has 0 aliphatic rings. The number of hydrogen-bond donors (Lipinski definition) is 0. The van der Waals surface area contributed by atoms with Gasteiger partial charge in [-0.05, 0) is 11.6 Å². The van der Waals surface area contributed by atoms with E-state index in [0.717, 1.165) is 44.5 Å². The molecule has 0 spiro atoms. The Morgan fingerprint density at radius 3 is 1.80 bits per heavy atom. The van der Waals surface area contributed by atoms with Gasteiger partial charge in [0.25, 0.3) is 0 Å². The first-order chi connectivity index (χ1) is 17.3. The molecule has 168 valence electrons. The van der Waals surface area contributed by atoms with Gasteiger partial charge in [-0.15, -0.1) is 10.2 Å². The summed E-state index contributed by atoms with van der Waals surface area (Å²) < 4.78 is 2.28. The van der Waals surface area contributed by atoms with Crippen LogP contribution in [0.4, 0.5) is 0 Å². The third-order valence-corrected chi connectivity index (χ3v) is 6.57. The van der Waals surface area contributed by atoms with Gasteiger partial charge in [0.1, 0.15) is 11.4 Å². The Hall–Kier alpha value is -4.21. The Morgan fingerprint density at radius 1 is 0.600 bits per heavy atom. The van der Waals surface area contributed by atoms with Crippen LogP contribution in [0.3, 0.4) is 0 Å². The van der Waals surface area contributed by atoms with Gasteiger partial charge in [-0.2, -0.15) is 0 Å². The van der Waals surface area contributed by atoms with Crippen molar-refractivity contribution < 1.29 is 0 Å². The highest BCUT2D eigenvalue weighted by Crippen LogP contribution is 2.42. The van der Waals surface area contributed by atoms with Crippen molar-refractivity contribution in [3.63, 3.8) is 0 Å². The summed E-state index contributed by atoms with van der Waals surface area (Å²) in [5.41, 5.74) is 7.00. The summed E-state index contributed by atoms with van der Waals surface area (Å²) >= 11 is 6.80. The minimum absolute atomic E-state index is 0.707. The lowest BCUT2D eigenvalue weighted by molar-refractivity contribution is 0.818. The number of hydrogen-bond acceptors (Lipinski definition) is 2. The lowest BCUT2D eigenvalue weighted by atomic mass is 9.99. The van der Waals surface area contributed by atoms with E-state index in [9.17, 15) is 0 Å². The van der Waals surface area contributed by atoms with Gasteiger partial charge < -0.3 is 4.57 Å². The Labute approximate surface area is 209 Å². The van der Waals surface area contributed by atoms with Gasteiger partial charge in [-0.3, -0.25) is 0 Å². The molecule has 4 aromatic carbocycles. The fraction of sp³-hybridized carbons (Fsp3) is 0.0323. The number of nitrogens with zero attached hydrogens (tertiary/aromatic N) is 3. The molecule has 0 saturated carbocycles. The topological polar surface area (TPSA) is 30.7 Å². The van der Waals surface area contributed by atoms with Crippen LogP contribution in [0.25, 0.3) is 44.5 Å². The standard InChI is InChI=1S/C31H22ClN3/c32-27-19-11-10-18-25(27)31-28-26(21-35(31)20-22-12-4-1-5-13-22)29(23-14-6-2-7-15-23)33-34-30(28)24-16-8-3-9-17-24/h1-19,21H,20H2. The van der Waals surface area contributed by atoms with E-state index in [1.165, 1.54) is 5.56 Å². The highest BCUT2D eigenvalue weighted by molar-refractivity contribution is 6.33. The second-order valence-electron chi connectivity index (χ2n) is 8.49. The molecule has 0 atom stereocenters. The van der Waals surface area contributed by atoms with Crippen LogP contribution in [0, 0.1) is 0 Å². The molecule has 6 rings (SSSR count). The summed E-state index contributed by atoms with van der Waals surface area (Å²) in [6.07, 6.45) is 2.20. The second-order valence-corrected chi connectivity index (χ2v) is 8.90. The van der Waals surface area contributed by atoms with Crippen LogP contribution < -0.4 is 0 Å². The minimum atomic E-state index is 0.707. The third kappa shape index (κ3) is 4.01. The fourth-order valence-electron chi connectivity index (χ4n) is 4.63. The average molecular weight is 472 g/mol. The summed E-state index contributed by atoms with van der Waals surface area (Å²) in [6.45, 7) is 0.707. The number of benzene rings is 4. The minimum Gasteiger partial charge on any atom is -0.342 e. The van der Waals surface area contributed by atoms with E-state index in [0.29, 0.717) is 11.6 Å². The van der Waals surface area contributed by atoms with Gasteiger partial charge in [-0.25, -0.2) is 0 Å². The zero-order chi connectivity index (χ0) is 23.6. The monoisotopic (exact) mass is 471 g/mol. The maximum atomic E-state index is 6.80. The molecule has 2 heterocycles. The van der Waals surface area contributed by atoms with E-state index in [4.69, 9.17) is 21.8 Å². The molecule has 0 amide bonds. The van der Waals surface area contributed by atoms with Crippen LogP contribution in [0.15, 0.2) is 121 Å². The molecule has 0 bridgehead atoms. The molecule has 3 nitrogen and oxygen atoms in total. The van der Waals surface area contributed by atoms with Crippen molar-refractivity contribution in [2.24, 2.45) is 0 Å². The number of halogens is 1. The van der Waals surface area contributed by atoms with Crippen molar-refractivity contribution in [2.45, 2.75) is 6.54 Å². The first kappa shape index (κ1) is 21.3. The van der Waals surface area contributed by atoms with Crippen LogP contribution >= 0.6 is 11.6 Å². The highest BCUT2D eigenvalue weighted by atomic mass is 35.5. The molecule has 0 aliphatic heterocycles. The molecule has 4 heteroatoms. The molecule has 0 radical (unpaired) electrons. The molecule has 0 unspecified atom stereocenters. The Balaban J connectivity index is 1.72. The van der Waals surface area contributed by atoms with Gasteiger partial charge in [0, 0.05) is 45.2 Å². The Bertz CT molecular complexity index is 1610. The van der Waals surface area contributed by atoms with Gasteiger partial charge in [0.05, 0.1) is 5.69 Å². The largest absolute Gasteiger partial charge is 0.342 e. The Morgan fingerprint density at radius 2 is 1.14 bits per heavy atom. The molecule has 35 heavy (non-hydrogen) atoms. The second kappa shape index (κ2) is 9.21. The predicted octanol–water partition coefficient (Wildman–Crippen LogP) is 8.13. The third-order valence-electron chi connectivity index (χ3n) is 6.24. The summed E-state index contributed by atoms with van der Waals surface area (Å²) in [7, 11) is 0. The number of fused-ring (bicyclic) bond motifs is 1. The average Bonchev–Trinajstić information content (AvgIpc) is 3.28. The van der Waals surface area contributed by atoms with Crippen molar-refractivity contribution in [3.05, 3.63) is 132 Å². The molecule has 0 saturated heterocycles. The maximum Gasteiger partial charge on any atom is 0.103 e. The summed E-state index contributed by atoms with van der Waals surface area (Å²) in [4.78, 5) is 0. The molecule has 0 N–H and O–H groups in total. The van der Waals surface area contributed by atoms with Crippen molar-refractivity contribution in [1.29, 1.82) is 0 Å². The van der Waals surface area contributed by atoms with Crippen LogP contribution in [-0.4, -0.2) is 14.8 Å². The fourth-order valence-corrected chi connectivity index (χ4v) is 4.86. The first-order valence-corrected chi connectivity index (χ1v) is 12.0. The molecule has 6 aromatic rings. The first-order valence-electron chi connectivity index (χ1n) is 11.6. The number of rotatable bonds is 5. The maximum absolute atomic E-state index is 6.80. The van der Waals surface area contributed by atoms with Crippen LogP contribution in [0.5, 0.6) is 0 Å². The molecule has 0 aliphatic carbocycles. The van der Waals surface area contributed by atoms with E-state index in [-0.39, 0.29) is 0 Å². The van der Waals surface area contributed by atoms with E-state index in [2.05, 4.69) is 65.4 Å². The van der Waals surface area contributed by atoms with E-state index >= 15 is 0 Å². The van der Waals surface area contributed by atoms with Gasteiger partial charge in [0.15, 0.2) is 0 Å². The van der Waals surface area contributed by atoms with Gasteiger partial charge in [0.2, 0.25) is 0 Å². The quantitative estimate of drug-likeness (QED) is 0.254. The van der Waals surface area contributed by atoms with E-state index < -0.39 is 0 Å². The highest BCUT2D eigenvalue weighted by Gasteiger charge is 2.22.